The molecule has 3 aromatic rings. The number of benzene rings is 3. The number of ether oxygens (including phenoxy) is 1. The van der Waals surface area contributed by atoms with Gasteiger partial charge in [-0.25, -0.2) is 0 Å². The Morgan fingerprint density at radius 2 is 1.57 bits per heavy atom. The number of nitrogens with one attached hydrogen (secondary N) is 1. The maximum Gasteiger partial charge on any atom is 0.306 e. The molecule has 30 heavy (non-hydrogen) atoms. The van der Waals surface area contributed by atoms with Crippen LogP contribution in [0.5, 0.6) is 5.75 Å². The van der Waals surface area contributed by atoms with Gasteiger partial charge in [-0.3, -0.25) is 9.59 Å². The number of anilines is 1. The monoisotopic (exact) mass is 403 g/mol. The highest BCUT2D eigenvalue weighted by Crippen LogP contribution is 2.36. The summed E-state index contributed by atoms with van der Waals surface area (Å²) in [7, 11) is 1.63. The summed E-state index contributed by atoms with van der Waals surface area (Å²) in [5.74, 6) is 0.142. The van der Waals surface area contributed by atoms with E-state index >= 15 is 0 Å². The lowest BCUT2D eigenvalue weighted by atomic mass is 9.79. The molecule has 0 saturated heterocycles. The van der Waals surface area contributed by atoms with Gasteiger partial charge in [0.2, 0.25) is 0 Å². The molecule has 0 bridgehead atoms. The summed E-state index contributed by atoms with van der Waals surface area (Å²) in [4.78, 5) is 23.8. The molecule has 0 aliphatic heterocycles. The molecular weight excluding hydrogens is 378 g/mol. The van der Waals surface area contributed by atoms with E-state index in [1.165, 1.54) is 5.56 Å². The van der Waals surface area contributed by atoms with Gasteiger partial charge in [-0.1, -0.05) is 24.3 Å². The van der Waals surface area contributed by atoms with E-state index in [4.69, 9.17) is 9.84 Å². The van der Waals surface area contributed by atoms with Crippen LogP contribution in [0.4, 0.5) is 5.69 Å². The zero-order chi connectivity index (χ0) is 21.1. The Balaban J connectivity index is 1.41. The number of hydrogen-bond acceptors (Lipinski definition) is 3. The molecule has 2 N–H and O–H groups in total. The molecule has 1 aliphatic carbocycles. The van der Waals surface area contributed by atoms with Crippen molar-refractivity contribution in [2.45, 2.75) is 31.6 Å². The molecule has 5 nitrogen and oxygen atoms in total. The number of rotatable bonds is 5. The average Bonchev–Trinajstić information content (AvgIpc) is 2.79. The van der Waals surface area contributed by atoms with Crippen molar-refractivity contribution in [2.24, 2.45) is 5.92 Å². The minimum Gasteiger partial charge on any atom is -0.497 e. The maximum absolute atomic E-state index is 12.7. The van der Waals surface area contributed by atoms with Gasteiger partial charge in [0.15, 0.2) is 0 Å². The van der Waals surface area contributed by atoms with E-state index in [2.05, 4.69) is 5.32 Å². The average molecular weight is 403 g/mol. The normalized spacial score (nSPS) is 18.7. The van der Waals surface area contributed by atoms with Crippen molar-refractivity contribution in [2.75, 3.05) is 12.4 Å². The Hall–Kier alpha value is -3.34. The third kappa shape index (κ3) is 4.30. The molecule has 1 aliphatic rings. The number of carbonyl (C=O) groups is 2. The van der Waals surface area contributed by atoms with Crippen LogP contribution in [0, 0.1) is 5.92 Å². The molecule has 0 aromatic heterocycles. The first kappa shape index (κ1) is 20.0. The largest absolute Gasteiger partial charge is 0.497 e. The highest BCUT2D eigenvalue weighted by Gasteiger charge is 2.26. The zero-order valence-corrected chi connectivity index (χ0v) is 16.9. The topological polar surface area (TPSA) is 75.6 Å². The van der Waals surface area contributed by atoms with Crippen LogP contribution < -0.4 is 10.1 Å². The standard InChI is InChI=1S/C25H25NO4/c1-30-23-13-10-19-14-21(7-6-20(19)15-23)24(27)26-22-11-8-17(9-12-22)16-2-4-18(5-3-16)25(28)29/h6-16,18H,2-5H2,1H3,(H,26,27)(H,28,29)/t16-,18+. The lowest BCUT2D eigenvalue weighted by Crippen LogP contribution is -2.20. The predicted octanol–water partition coefficient (Wildman–Crippen LogP) is 5.46. The number of carbonyl (C=O) groups excluding carboxylic acids is 1. The molecular formula is C25H25NO4. The summed E-state index contributed by atoms with van der Waals surface area (Å²) in [5, 5.41) is 14.1. The Kier molecular flexibility index (Phi) is 5.70. The number of fused-ring (bicyclic) bond motifs is 1. The summed E-state index contributed by atoms with van der Waals surface area (Å²) in [6.45, 7) is 0. The van der Waals surface area contributed by atoms with Gasteiger partial charge in [0, 0.05) is 11.3 Å². The fourth-order valence-electron chi connectivity index (χ4n) is 4.21. The molecule has 4 rings (SSSR count). The van der Waals surface area contributed by atoms with Crippen LogP contribution >= 0.6 is 0 Å². The van der Waals surface area contributed by atoms with Crippen LogP contribution in [-0.2, 0) is 4.79 Å². The van der Waals surface area contributed by atoms with E-state index in [-0.39, 0.29) is 11.8 Å². The first-order valence-electron chi connectivity index (χ1n) is 10.3. The number of amides is 1. The van der Waals surface area contributed by atoms with Crippen molar-refractivity contribution >= 4 is 28.3 Å². The van der Waals surface area contributed by atoms with E-state index in [1.807, 2.05) is 60.7 Å². The van der Waals surface area contributed by atoms with E-state index in [0.29, 0.717) is 11.5 Å². The van der Waals surface area contributed by atoms with Crippen LogP contribution in [0.25, 0.3) is 10.8 Å². The molecule has 5 heteroatoms. The van der Waals surface area contributed by atoms with Crippen molar-refractivity contribution in [3.63, 3.8) is 0 Å². The third-order valence-electron chi connectivity index (χ3n) is 6.03. The number of carboxylic acid groups (broad SMARTS) is 1. The molecule has 0 unspecified atom stereocenters. The summed E-state index contributed by atoms with van der Waals surface area (Å²) >= 11 is 0. The number of carboxylic acids is 1. The number of hydrogen-bond donors (Lipinski definition) is 2. The number of aliphatic carboxylic acids is 1. The van der Waals surface area contributed by atoms with Gasteiger partial charge in [-0.2, -0.15) is 0 Å². The van der Waals surface area contributed by atoms with Crippen molar-refractivity contribution in [1.82, 2.24) is 0 Å². The second-order valence-electron chi connectivity index (χ2n) is 7.89. The summed E-state index contributed by atoms with van der Waals surface area (Å²) in [5.41, 5.74) is 2.55. The second-order valence-corrected chi connectivity index (χ2v) is 7.89. The predicted molar refractivity (Wildman–Crippen MR) is 117 cm³/mol. The van der Waals surface area contributed by atoms with E-state index < -0.39 is 5.97 Å². The van der Waals surface area contributed by atoms with Crippen LogP contribution in [0.2, 0.25) is 0 Å². The fourth-order valence-corrected chi connectivity index (χ4v) is 4.21. The summed E-state index contributed by atoms with van der Waals surface area (Å²) in [6.07, 6.45) is 3.24. The van der Waals surface area contributed by atoms with Gasteiger partial charge in [-0.15, -0.1) is 0 Å². The Bertz CT molecular complexity index is 1070. The first-order chi connectivity index (χ1) is 14.5. The molecule has 0 radical (unpaired) electrons. The van der Waals surface area contributed by atoms with Gasteiger partial charge >= 0.3 is 5.97 Å². The lowest BCUT2D eigenvalue weighted by Gasteiger charge is -2.26. The molecule has 3 aromatic carbocycles. The molecule has 154 valence electrons. The van der Waals surface area contributed by atoms with Gasteiger partial charge in [0.25, 0.3) is 5.91 Å². The van der Waals surface area contributed by atoms with E-state index in [9.17, 15) is 9.59 Å². The zero-order valence-electron chi connectivity index (χ0n) is 16.9. The van der Waals surface area contributed by atoms with Crippen molar-refractivity contribution in [3.8, 4) is 5.75 Å². The van der Waals surface area contributed by atoms with E-state index in [1.54, 1.807) is 7.11 Å². The minimum atomic E-state index is -0.681. The Labute approximate surface area is 175 Å². The quantitative estimate of drug-likeness (QED) is 0.593. The van der Waals surface area contributed by atoms with Gasteiger partial charge in [0.1, 0.15) is 5.75 Å². The Morgan fingerprint density at radius 3 is 2.23 bits per heavy atom. The molecule has 0 heterocycles. The third-order valence-corrected chi connectivity index (χ3v) is 6.03. The van der Waals surface area contributed by atoms with Crippen LogP contribution in [-0.4, -0.2) is 24.1 Å². The highest BCUT2D eigenvalue weighted by atomic mass is 16.5. The Morgan fingerprint density at radius 1 is 0.900 bits per heavy atom. The van der Waals surface area contributed by atoms with Crippen molar-refractivity contribution in [1.29, 1.82) is 0 Å². The summed E-state index contributed by atoms with van der Waals surface area (Å²) < 4.78 is 5.24. The highest BCUT2D eigenvalue weighted by molar-refractivity contribution is 6.06. The molecule has 1 fully saturated rings. The van der Waals surface area contributed by atoms with Gasteiger partial charge in [-0.05, 0) is 84.3 Å². The SMILES string of the molecule is COc1ccc2cc(C(=O)Nc3ccc([C@H]4CC[C@@H](C(=O)O)CC4)cc3)ccc2c1. The van der Waals surface area contributed by atoms with Gasteiger partial charge in [0.05, 0.1) is 13.0 Å². The van der Waals surface area contributed by atoms with Crippen molar-refractivity contribution < 1.29 is 19.4 Å². The molecule has 0 atom stereocenters. The smallest absolute Gasteiger partial charge is 0.306 e. The van der Waals surface area contributed by atoms with Crippen LogP contribution in [0.15, 0.2) is 60.7 Å². The molecule has 1 saturated carbocycles. The maximum atomic E-state index is 12.7. The lowest BCUT2D eigenvalue weighted by molar-refractivity contribution is -0.142. The number of methoxy groups -OCH3 is 1. The van der Waals surface area contributed by atoms with Crippen molar-refractivity contribution in [3.05, 3.63) is 71.8 Å². The van der Waals surface area contributed by atoms with Crippen LogP contribution in [0.1, 0.15) is 47.5 Å². The summed E-state index contributed by atoms with van der Waals surface area (Å²) in [6, 6.07) is 19.3. The minimum absolute atomic E-state index is 0.151. The fraction of sp³-hybridized carbons (Fsp3) is 0.280. The first-order valence-corrected chi connectivity index (χ1v) is 10.3. The van der Waals surface area contributed by atoms with Gasteiger partial charge < -0.3 is 15.2 Å². The second kappa shape index (κ2) is 8.57. The molecule has 0 spiro atoms. The van der Waals surface area contributed by atoms with Crippen LogP contribution in [0.3, 0.4) is 0 Å². The van der Waals surface area contributed by atoms with E-state index in [0.717, 1.165) is 47.9 Å². The molecule has 1 amide bonds.